The monoisotopic (exact) mass is 313 g/mol. The van der Waals surface area contributed by atoms with E-state index in [1.54, 1.807) is 6.07 Å². The van der Waals surface area contributed by atoms with Crippen LogP contribution in [0.15, 0.2) is 12.1 Å². The number of carbonyl (C=O) groups excluding carboxylic acids is 1. The van der Waals surface area contributed by atoms with Crippen LogP contribution in [0.25, 0.3) is 0 Å². The molecule has 2 rings (SSSR count). The molecule has 0 radical (unpaired) electrons. The van der Waals surface area contributed by atoms with Crippen LogP contribution in [0.3, 0.4) is 0 Å². The highest BCUT2D eigenvalue weighted by Gasteiger charge is 2.20. The molecule has 7 heteroatoms. The molecule has 1 saturated heterocycles. The predicted molar refractivity (Wildman–Crippen MR) is 80.8 cm³/mol. The van der Waals surface area contributed by atoms with Gasteiger partial charge in [-0.3, -0.25) is 4.79 Å². The van der Waals surface area contributed by atoms with Crippen molar-refractivity contribution >= 4 is 23.2 Å². The van der Waals surface area contributed by atoms with Crippen LogP contribution in [-0.4, -0.2) is 42.9 Å². The van der Waals surface area contributed by atoms with Crippen LogP contribution in [0.1, 0.15) is 23.2 Å². The van der Waals surface area contributed by atoms with Gasteiger partial charge in [0, 0.05) is 25.7 Å². The van der Waals surface area contributed by atoms with Gasteiger partial charge in [-0.05, 0) is 24.8 Å². The van der Waals surface area contributed by atoms with Crippen molar-refractivity contribution in [3.63, 3.8) is 0 Å². The number of carbonyl (C=O) groups is 1. The summed E-state index contributed by atoms with van der Waals surface area (Å²) in [6, 6.07) is 3.06. The molecule has 1 heterocycles. The van der Waals surface area contributed by atoms with E-state index in [1.165, 1.54) is 18.2 Å². The Labute approximate surface area is 128 Å². The number of nitrogens with one attached hydrogen (secondary N) is 1. The lowest BCUT2D eigenvalue weighted by Gasteiger charge is -2.27. The van der Waals surface area contributed by atoms with Gasteiger partial charge in [0.2, 0.25) is 0 Å². The number of methoxy groups -OCH3 is 1. The van der Waals surface area contributed by atoms with Crippen molar-refractivity contribution in [1.82, 2.24) is 10.4 Å². The number of hydroxylamine groups is 2. The van der Waals surface area contributed by atoms with Gasteiger partial charge >= 0.3 is 0 Å². The minimum absolute atomic E-state index is 0.236. The fourth-order valence-electron chi connectivity index (χ4n) is 2.37. The fraction of sp³-hybridized carbons (Fsp3) is 0.500. The first kappa shape index (κ1) is 15.9. The Morgan fingerprint density at radius 3 is 2.81 bits per heavy atom. The van der Waals surface area contributed by atoms with Gasteiger partial charge in [-0.25, -0.2) is 0 Å². The van der Waals surface area contributed by atoms with Crippen LogP contribution in [-0.2, 0) is 0 Å². The molecule has 0 aliphatic carbocycles. The Bertz CT molecular complexity index is 516. The number of piperidine rings is 1. The third-order valence-electron chi connectivity index (χ3n) is 3.71. The standard InChI is InChI=1S/C14H20ClN3O3/c1-21-13-7-12(16)11(15)6-10(13)14(19)17-8-9-2-4-18(20)5-3-9/h6-7,9,20H,2-5,8,16H2,1H3,(H,17,19). The summed E-state index contributed by atoms with van der Waals surface area (Å²) in [6.45, 7) is 1.84. The van der Waals surface area contributed by atoms with Crippen LogP contribution in [0.4, 0.5) is 5.69 Å². The number of nitrogens with two attached hydrogens (primary N) is 1. The van der Waals surface area contributed by atoms with Crippen LogP contribution in [0.2, 0.25) is 5.02 Å². The number of nitrogen functional groups attached to an aromatic ring is 1. The summed E-state index contributed by atoms with van der Waals surface area (Å²) in [4.78, 5) is 12.2. The maximum Gasteiger partial charge on any atom is 0.255 e. The van der Waals surface area contributed by atoms with E-state index in [9.17, 15) is 10.0 Å². The minimum Gasteiger partial charge on any atom is -0.496 e. The predicted octanol–water partition coefficient (Wildman–Crippen LogP) is 1.76. The summed E-state index contributed by atoms with van der Waals surface area (Å²) in [6.07, 6.45) is 1.72. The number of halogens is 1. The molecule has 0 spiro atoms. The second-order valence-corrected chi connectivity index (χ2v) is 5.59. The van der Waals surface area contributed by atoms with E-state index in [0.717, 1.165) is 12.8 Å². The summed E-state index contributed by atoms with van der Waals surface area (Å²) in [5.74, 6) is 0.535. The zero-order chi connectivity index (χ0) is 15.4. The van der Waals surface area contributed by atoms with Crippen molar-refractivity contribution in [3.05, 3.63) is 22.7 Å². The molecule has 0 saturated carbocycles. The molecule has 1 aliphatic rings. The Hall–Kier alpha value is -1.50. The first-order chi connectivity index (χ1) is 10.0. The van der Waals surface area contributed by atoms with Crippen molar-refractivity contribution < 1.29 is 14.7 Å². The van der Waals surface area contributed by atoms with Crippen LogP contribution in [0.5, 0.6) is 5.75 Å². The van der Waals surface area contributed by atoms with Gasteiger partial charge in [0.15, 0.2) is 0 Å². The second-order valence-electron chi connectivity index (χ2n) is 5.18. The lowest BCUT2D eigenvalue weighted by molar-refractivity contribution is -0.111. The summed E-state index contributed by atoms with van der Waals surface area (Å²) < 4.78 is 5.17. The summed E-state index contributed by atoms with van der Waals surface area (Å²) in [5, 5.41) is 13.8. The second kappa shape index (κ2) is 6.98. The smallest absolute Gasteiger partial charge is 0.255 e. The van der Waals surface area contributed by atoms with Gasteiger partial charge in [-0.1, -0.05) is 11.6 Å². The average Bonchev–Trinajstić information content (AvgIpc) is 2.48. The number of amides is 1. The van der Waals surface area contributed by atoms with Gasteiger partial charge in [0.25, 0.3) is 5.91 Å². The van der Waals surface area contributed by atoms with E-state index in [-0.39, 0.29) is 5.91 Å². The van der Waals surface area contributed by atoms with E-state index >= 15 is 0 Å². The maximum absolute atomic E-state index is 12.2. The zero-order valence-corrected chi connectivity index (χ0v) is 12.7. The van der Waals surface area contributed by atoms with Crippen LogP contribution in [0, 0.1) is 5.92 Å². The van der Waals surface area contributed by atoms with E-state index < -0.39 is 0 Å². The molecule has 4 N–H and O–H groups in total. The van der Waals surface area contributed by atoms with E-state index in [2.05, 4.69) is 5.32 Å². The highest BCUT2D eigenvalue weighted by molar-refractivity contribution is 6.33. The number of hydrogen-bond donors (Lipinski definition) is 3. The molecule has 6 nitrogen and oxygen atoms in total. The molecular weight excluding hydrogens is 294 g/mol. The minimum atomic E-state index is -0.236. The van der Waals surface area contributed by atoms with Crippen LogP contribution < -0.4 is 15.8 Å². The summed E-state index contributed by atoms with van der Waals surface area (Å²) in [5.41, 5.74) is 6.44. The highest BCUT2D eigenvalue weighted by Crippen LogP contribution is 2.28. The zero-order valence-electron chi connectivity index (χ0n) is 11.9. The topological polar surface area (TPSA) is 87.8 Å². The normalized spacial score (nSPS) is 16.7. The average molecular weight is 314 g/mol. The summed E-state index contributed by atoms with van der Waals surface area (Å²) >= 11 is 5.96. The molecule has 1 aliphatic heterocycles. The molecule has 0 unspecified atom stereocenters. The van der Waals surface area contributed by atoms with Crippen molar-refractivity contribution in [2.24, 2.45) is 5.92 Å². The van der Waals surface area contributed by atoms with Gasteiger partial charge in [-0.15, -0.1) is 0 Å². The molecule has 21 heavy (non-hydrogen) atoms. The van der Waals surface area contributed by atoms with Crippen molar-refractivity contribution in [1.29, 1.82) is 0 Å². The fourth-order valence-corrected chi connectivity index (χ4v) is 2.53. The quantitative estimate of drug-likeness (QED) is 0.737. The Kier molecular flexibility index (Phi) is 5.27. The number of anilines is 1. The van der Waals surface area contributed by atoms with Crippen molar-refractivity contribution in [2.75, 3.05) is 32.5 Å². The highest BCUT2D eigenvalue weighted by atomic mass is 35.5. The molecule has 0 bridgehead atoms. The van der Waals surface area contributed by atoms with E-state index in [4.69, 9.17) is 22.1 Å². The Morgan fingerprint density at radius 2 is 2.19 bits per heavy atom. The third-order valence-corrected chi connectivity index (χ3v) is 4.03. The maximum atomic E-state index is 12.2. The SMILES string of the molecule is COc1cc(N)c(Cl)cc1C(=O)NCC1CCN(O)CC1. The van der Waals surface area contributed by atoms with Crippen molar-refractivity contribution in [3.8, 4) is 5.75 Å². The third kappa shape index (κ3) is 4.00. The van der Waals surface area contributed by atoms with Crippen molar-refractivity contribution in [2.45, 2.75) is 12.8 Å². The molecule has 0 atom stereocenters. The molecule has 1 aromatic carbocycles. The number of hydrogen-bond acceptors (Lipinski definition) is 5. The number of nitrogens with zero attached hydrogens (tertiary/aromatic N) is 1. The molecule has 116 valence electrons. The van der Waals surface area contributed by atoms with Gasteiger partial charge in [0.05, 0.1) is 23.4 Å². The molecule has 1 aromatic rings. The van der Waals surface area contributed by atoms with E-state index in [0.29, 0.717) is 47.6 Å². The lowest BCUT2D eigenvalue weighted by atomic mass is 9.98. The molecule has 1 fully saturated rings. The van der Waals surface area contributed by atoms with E-state index in [1.807, 2.05) is 0 Å². The number of benzene rings is 1. The number of rotatable bonds is 4. The summed E-state index contributed by atoms with van der Waals surface area (Å²) in [7, 11) is 1.48. The first-order valence-electron chi connectivity index (χ1n) is 6.86. The molecule has 1 amide bonds. The Morgan fingerprint density at radius 1 is 1.52 bits per heavy atom. The van der Waals surface area contributed by atoms with Gasteiger partial charge in [-0.2, -0.15) is 5.06 Å². The molecular formula is C14H20ClN3O3. The van der Waals surface area contributed by atoms with Crippen LogP contribution >= 0.6 is 11.6 Å². The van der Waals surface area contributed by atoms with Gasteiger partial charge in [0.1, 0.15) is 5.75 Å². The number of ether oxygens (including phenoxy) is 1. The Balaban J connectivity index is 1.98. The largest absolute Gasteiger partial charge is 0.496 e. The molecule has 0 aromatic heterocycles. The first-order valence-corrected chi connectivity index (χ1v) is 7.24. The van der Waals surface area contributed by atoms with Gasteiger partial charge < -0.3 is 21.0 Å². The lowest BCUT2D eigenvalue weighted by Crippen LogP contribution is -2.37.